The molecule has 26 heavy (non-hydrogen) atoms. The van der Waals surface area contributed by atoms with Crippen LogP contribution in [0.4, 0.5) is 0 Å². The summed E-state index contributed by atoms with van der Waals surface area (Å²) in [5.74, 6) is -0.240. The first kappa shape index (κ1) is 18.9. The van der Waals surface area contributed by atoms with Gasteiger partial charge in [-0.15, -0.1) is 0 Å². The average Bonchev–Trinajstić information content (AvgIpc) is 2.63. The number of aromatic amines is 1. The van der Waals surface area contributed by atoms with Gasteiger partial charge in [0.25, 0.3) is 5.56 Å². The summed E-state index contributed by atoms with van der Waals surface area (Å²) in [6, 6.07) is -0.120. The Morgan fingerprint density at radius 1 is 1.15 bits per heavy atom. The van der Waals surface area contributed by atoms with E-state index < -0.39 is 11.2 Å². The van der Waals surface area contributed by atoms with Gasteiger partial charge in [-0.3, -0.25) is 19.3 Å². The van der Waals surface area contributed by atoms with Gasteiger partial charge in [-0.1, -0.05) is 39.0 Å². The minimum absolute atomic E-state index is 0.0178. The zero-order chi connectivity index (χ0) is 18.7. The van der Waals surface area contributed by atoms with Crippen LogP contribution in [0.5, 0.6) is 5.88 Å². The minimum atomic E-state index is -0.565. The molecule has 7 heteroatoms. The van der Waals surface area contributed by atoms with Crippen molar-refractivity contribution in [3.8, 4) is 5.88 Å². The van der Waals surface area contributed by atoms with Gasteiger partial charge in [0.15, 0.2) is 0 Å². The largest absolute Gasteiger partial charge is 0.494 e. The maximum atomic E-state index is 12.5. The third-order valence-electron chi connectivity index (χ3n) is 5.78. The van der Waals surface area contributed by atoms with Crippen molar-refractivity contribution in [2.75, 3.05) is 0 Å². The van der Waals surface area contributed by atoms with Gasteiger partial charge in [-0.25, -0.2) is 4.79 Å². The summed E-state index contributed by atoms with van der Waals surface area (Å²) in [5, 5.41) is 10.8. The quantitative estimate of drug-likeness (QED) is 0.713. The Labute approximate surface area is 153 Å². The zero-order valence-corrected chi connectivity index (χ0v) is 15.5. The van der Waals surface area contributed by atoms with Crippen LogP contribution in [0.15, 0.2) is 14.6 Å². The summed E-state index contributed by atoms with van der Waals surface area (Å²) in [6.45, 7) is 1.90. The third-order valence-corrected chi connectivity index (χ3v) is 5.78. The lowest BCUT2D eigenvalue weighted by Crippen LogP contribution is -2.39. The summed E-state index contributed by atoms with van der Waals surface area (Å²) in [7, 11) is 0. The van der Waals surface area contributed by atoms with E-state index in [0.717, 1.165) is 57.8 Å². The van der Waals surface area contributed by atoms with E-state index in [4.69, 9.17) is 10.7 Å². The minimum Gasteiger partial charge on any atom is -0.494 e. The van der Waals surface area contributed by atoms with Crippen molar-refractivity contribution in [1.82, 2.24) is 9.55 Å². The van der Waals surface area contributed by atoms with Crippen LogP contribution >= 0.6 is 0 Å². The van der Waals surface area contributed by atoms with Crippen LogP contribution in [0.2, 0.25) is 0 Å². The number of nitrogens with one attached hydrogen (secondary N) is 1. The molecule has 7 nitrogen and oxygen atoms in total. The van der Waals surface area contributed by atoms with Crippen LogP contribution in [0.1, 0.15) is 82.7 Å². The highest BCUT2D eigenvalue weighted by Crippen LogP contribution is 2.30. The van der Waals surface area contributed by atoms with Gasteiger partial charge in [0, 0.05) is 12.1 Å². The number of nitrogens with zero attached hydrogens (tertiary/aromatic N) is 2. The van der Waals surface area contributed by atoms with Crippen LogP contribution in [0.3, 0.4) is 0 Å². The molecule has 0 bridgehead atoms. The second-order valence-corrected chi connectivity index (χ2v) is 7.56. The molecular formula is C19H30N4O3. The van der Waals surface area contributed by atoms with Crippen molar-refractivity contribution in [3.63, 3.8) is 0 Å². The molecule has 2 aliphatic carbocycles. The fourth-order valence-electron chi connectivity index (χ4n) is 4.31. The lowest BCUT2D eigenvalue weighted by molar-refractivity contribution is 0.298. The molecule has 1 aromatic rings. The topological polar surface area (TPSA) is 113 Å². The van der Waals surface area contributed by atoms with Gasteiger partial charge in [0.2, 0.25) is 5.88 Å². The second-order valence-electron chi connectivity index (χ2n) is 7.56. The van der Waals surface area contributed by atoms with E-state index >= 15 is 0 Å². The van der Waals surface area contributed by atoms with Gasteiger partial charge in [-0.2, -0.15) is 0 Å². The molecule has 2 aliphatic rings. The number of hydrogen-bond acceptors (Lipinski definition) is 5. The number of rotatable bonds is 4. The van der Waals surface area contributed by atoms with E-state index in [1.165, 1.54) is 4.57 Å². The number of aliphatic imine (C=N–C) groups is 1. The van der Waals surface area contributed by atoms with Gasteiger partial charge in [0.05, 0.1) is 11.8 Å². The molecule has 0 saturated heterocycles. The molecule has 2 saturated carbocycles. The second kappa shape index (κ2) is 8.20. The fourth-order valence-corrected chi connectivity index (χ4v) is 4.31. The predicted molar refractivity (Wildman–Crippen MR) is 102 cm³/mol. The van der Waals surface area contributed by atoms with Gasteiger partial charge in [0.1, 0.15) is 5.56 Å². The van der Waals surface area contributed by atoms with Crippen molar-refractivity contribution in [3.05, 3.63) is 26.4 Å². The summed E-state index contributed by atoms with van der Waals surface area (Å²) < 4.78 is 1.36. The molecule has 0 aliphatic heterocycles. The van der Waals surface area contributed by atoms with Crippen LogP contribution < -0.4 is 17.0 Å². The third kappa shape index (κ3) is 3.77. The molecule has 144 valence electrons. The maximum Gasteiger partial charge on any atom is 0.331 e. The van der Waals surface area contributed by atoms with Crippen molar-refractivity contribution in [1.29, 1.82) is 0 Å². The van der Waals surface area contributed by atoms with Gasteiger partial charge >= 0.3 is 5.69 Å². The molecule has 2 atom stereocenters. The molecule has 3 rings (SSSR count). The van der Waals surface area contributed by atoms with Crippen LogP contribution in [0, 0.1) is 0 Å². The Morgan fingerprint density at radius 2 is 1.81 bits per heavy atom. The average molecular weight is 362 g/mol. The first-order chi connectivity index (χ1) is 12.5. The van der Waals surface area contributed by atoms with Crippen molar-refractivity contribution >= 4 is 5.71 Å². The van der Waals surface area contributed by atoms with Crippen molar-refractivity contribution < 1.29 is 5.11 Å². The molecule has 0 radical (unpaired) electrons. The van der Waals surface area contributed by atoms with Crippen LogP contribution in [-0.4, -0.2) is 32.5 Å². The van der Waals surface area contributed by atoms with E-state index in [2.05, 4.69) is 4.98 Å². The zero-order valence-electron chi connectivity index (χ0n) is 15.5. The van der Waals surface area contributed by atoms with E-state index in [1.54, 1.807) is 0 Å². The Hall–Kier alpha value is -1.89. The fraction of sp³-hybridized carbons (Fsp3) is 0.737. The first-order valence-electron chi connectivity index (χ1n) is 9.93. The van der Waals surface area contributed by atoms with Gasteiger partial charge < -0.3 is 10.8 Å². The maximum absolute atomic E-state index is 12.5. The predicted octanol–water partition coefficient (Wildman–Crippen LogP) is 2.22. The Morgan fingerprint density at radius 3 is 2.46 bits per heavy atom. The van der Waals surface area contributed by atoms with Crippen LogP contribution in [0.25, 0.3) is 0 Å². The normalized spacial score (nSPS) is 25.4. The number of aromatic nitrogens is 2. The molecule has 0 amide bonds. The number of hydrogen-bond donors (Lipinski definition) is 3. The number of nitrogens with two attached hydrogens (primary N) is 1. The van der Waals surface area contributed by atoms with E-state index in [-0.39, 0.29) is 29.6 Å². The SMILES string of the molecule is CCC(=N[C@@H]1CCCC[C@H]1N)c1c(O)n(C2CCCCC2)c(=O)[nH]c1=O. The highest BCUT2D eigenvalue weighted by molar-refractivity contribution is 6.02. The summed E-state index contributed by atoms with van der Waals surface area (Å²) in [4.78, 5) is 32.0. The highest BCUT2D eigenvalue weighted by atomic mass is 16.3. The molecule has 2 fully saturated rings. The molecule has 0 unspecified atom stereocenters. The summed E-state index contributed by atoms with van der Waals surface area (Å²) in [5.41, 5.74) is 5.77. The Kier molecular flexibility index (Phi) is 5.96. The summed E-state index contributed by atoms with van der Waals surface area (Å²) in [6.07, 6.45) is 9.37. The van der Waals surface area contributed by atoms with Crippen LogP contribution in [-0.2, 0) is 0 Å². The van der Waals surface area contributed by atoms with Crippen molar-refractivity contribution in [2.45, 2.75) is 89.3 Å². The van der Waals surface area contributed by atoms with E-state index in [0.29, 0.717) is 12.1 Å². The Balaban J connectivity index is 2.04. The smallest absolute Gasteiger partial charge is 0.331 e. The molecular weight excluding hydrogens is 332 g/mol. The molecule has 0 aromatic carbocycles. The highest BCUT2D eigenvalue weighted by Gasteiger charge is 2.27. The van der Waals surface area contributed by atoms with Crippen molar-refractivity contribution in [2.24, 2.45) is 10.7 Å². The van der Waals surface area contributed by atoms with Gasteiger partial charge in [-0.05, 0) is 32.1 Å². The Bertz CT molecular complexity index is 774. The first-order valence-corrected chi connectivity index (χ1v) is 9.93. The molecule has 4 N–H and O–H groups in total. The van der Waals surface area contributed by atoms with E-state index in [9.17, 15) is 14.7 Å². The molecule has 1 heterocycles. The standard InChI is InChI=1S/C19H30N4O3/c1-2-14(21-15-11-7-6-10-13(15)20)16-17(24)22-19(26)23(18(16)25)12-8-4-3-5-9-12/h12-13,15,25H,2-11,20H2,1H3,(H,22,24,26)/t13-,15-/m1/s1. The molecule has 1 aromatic heterocycles. The summed E-state index contributed by atoms with van der Waals surface area (Å²) >= 11 is 0. The van der Waals surface area contributed by atoms with E-state index in [1.807, 2.05) is 6.92 Å². The molecule has 0 spiro atoms. The number of aromatic hydroxyl groups is 1. The lowest BCUT2D eigenvalue weighted by atomic mass is 9.91. The lowest BCUT2D eigenvalue weighted by Gasteiger charge is -2.27. The monoisotopic (exact) mass is 362 g/mol. The number of H-pyrrole nitrogens is 1.